The highest BCUT2D eigenvalue weighted by atomic mass is 35.5. The van der Waals surface area contributed by atoms with Gasteiger partial charge in [0.05, 0.1) is 33.1 Å². The van der Waals surface area contributed by atoms with E-state index in [9.17, 15) is 13.2 Å². The number of thiazole rings is 1. The lowest BCUT2D eigenvalue weighted by Crippen LogP contribution is -2.30. The first-order valence-electron chi connectivity index (χ1n) is 10.8. The molecule has 0 N–H and O–H groups in total. The third kappa shape index (κ3) is 5.63. The van der Waals surface area contributed by atoms with Crippen molar-refractivity contribution in [2.24, 2.45) is 0 Å². The van der Waals surface area contributed by atoms with E-state index in [1.165, 1.54) is 23.5 Å². The van der Waals surface area contributed by atoms with Crippen LogP contribution in [0, 0.1) is 13.8 Å². The number of aromatic nitrogens is 2. The summed E-state index contributed by atoms with van der Waals surface area (Å²) in [6, 6.07) is 15.7. The highest BCUT2D eigenvalue weighted by Crippen LogP contribution is 2.33. The average molecular weight is 514 g/mol. The summed E-state index contributed by atoms with van der Waals surface area (Å²) in [6.07, 6.45) is 1.96. The lowest BCUT2D eigenvalue weighted by molar-refractivity contribution is -0.118. The molecule has 0 aliphatic rings. The molecule has 176 valence electrons. The van der Waals surface area contributed by atoms with Gasteiger partial charge in [-0.3, -0.25) is 14.7 Å². The predicted octanol–water partition coefficient (Wildman–Crippen LogP) is 5.75. The molecular weight excluding hydrogens is 490 g/mol. The number of benzene rings is 2. The molecule has 4 rings (SSSR count). The van der Waals surface area contributed by atoms with Crippen LogP contribution in [-0.4, -0.2) is 30.0 Å². The first-order valence-corrected chi connectivity index (χ1v) is 13.6. The molecule has 0 saturated carbocycles. The highest BCUT2D eigenvalue weighted by Gasteiger charge is 2.22. The van der Waals surface area contributed by atoms with E-state index >= 15 is 0 Å². The van der Waals surface area contributed by atoms with Gasteiger partial charge in [-0.25, -0.2) is 13.4 Å². The first kappa shape index (κ1) is 24.3. The maximum absolute atomic E-state index is 13.3. The lowest BCUT2D eigenvalue weighted by atomic mass is 10.1. The van der Waals surface area contributed by atoms with Crippen molar-refractivity contribution in [1.82, 2.24) is 9.97 Å². The number of aryl methyl sites for hydroxylation is 2. The summed E-state index contributed by atoms with van der Waals surface area (Å²) in [5.41, 5.74) is 3.80. The lowest BCUT2D eigenvalue weighted by Gasteiger charge is -2.19. The summed E-state index contributed by atoms with van der Waals surface area (Å²) in [6.45, 7) is 4.31. The molecule has 0 aliphatic heterocycles. The van der Waals surface area contributed by atoms with Gasteiger partial charge in [-0.1, -0.05) is 35.1 Å². The van der Waals surface area contributed by atoms with Crippen LogP contribution in [0.3, 0.4) is 0 Å². The van der Waals surface area contributed by atoms with Crippen molar-refractivity contribution in [2.45, 2.75) is 38.1 Å². The maximum Gasteiger partial charge on any atom is 0.229 e. The number of anilines is 1. The van der Waals surface area contributed by atoms with Gasteiger partial charge in [0.25, 0.3) is 0 Å². The number of fused-ring (bicyclic) bond motifs is 1. The zero-order valence-electron chi connectivity index (χ0n) is 18.9. The Morgan fingerprint density at radius 3 is 2.56 bits per heavy atom. The smallest absolute Gasteiger partial charge is 0.229 e. The number of amides is 1. The number of halogens is 1. The second-order valence-electron chi connectivity index (χ2n) is 8.10. The zero-order valence-corrected chi connectivity index (χ0v) is 21.3. The molecule has 34 heavy (non-hydrogen) atoms. The molecule has 2 aromatic carbocycles. The fraction of sp³-hybridized carbons (Fsp3) is 0.240. The monoisotopic (exact) mass is 513 g/mol. The largest absolute Gasteiger partial charge is 0.282 e. The predicted molar refractivity (Wildman–Crippen MR) is 137 cm³/mol. The van der Waals surface area contributed by atoms with Gasteiger partial charge in [-0.2, -0.15) is 0 Å². The van der Waals surface area contributed by atoms with Crippen LogP contribution in [0.2, 0.25) is 5.02 Å². The number of hydrogen-bond acceptors (Lipinski definition) is 6. The quantitative estimate of drug-likeness (QED) is 0.300. The Morgan fingerprint density at radius 1 is 1.09 bits per heavy atom. The number of nitrogens with zero attached hydrogens (tertiary/aromatic N) is 3. The van der Waals surface area contributed by atoms with Crippen LogP contribution in [0.5, 0.6) is 0 Å². The van der Waals surface area contributed by atoms with Crippen LogP contribution in [0.15, 0.2) is 65.7 Å². The third-order valence-corrected chi connectivity index (χ3v) is 8.66. The Labute approximate surface area is 208 Å². The van der Waals surface area contributed by atoms with Crippen molar-refractivity contribution in [3.8, 4) is 0 Å². The van der Waals surface area contributed by atoms with Gasteiger partial charge in [0.15, 0.2) is 15.0 Å². The van der Waals surface area contributed by atoms with Crippen LogP contribution < -0.4 is 4.90 Å². The minimum atomic E-state index is -3.51. The van der Waals surface area contributed by atoms with E-state index in [-0.39, 0.29) is 35.9 Å². The number of carbonyl (C=O) groups is 1. The topological polar surface area (TPSA) is 80.2 Å². The Bertz CT molecular complexity index is 1420. The first-order chi connectivity index (χ1) is 16.2. The van der Waals surface area contributed by atoms with Crippen LogP contribution in [0.4, 0.5) is 5.13 Å². The normalized spacial score (nSPS) is 11.6. The summed E-state index contributed by atoms with van der Waals surface area (Å²) in [7, 11) is -3.51. The SMILES string of the molecule is Cc1cc(C)c2sc(N(Cc3ccccn3)C(=O)CCCS(=O)(=O)c3ccc(Cl)cc3)nc2c1. The van der Waals surface area contributed by atoms with E-state index < -0.39 is 9.84 Å². The van der Waals surface area contributed by atoms with Crippen LogP contribution in [-0.2, 0) is 21.2 Å². The van der Waals surface area contributed by atoms with Gasteiger partial charge in [-0.05, 0) is 73.9 Å². The molecule has 1 amide bonds. The summed E-state index contributed by atoms with van der Waals surface area (Å²) in [5.74, 6) is -0.318. The molecule has 4 aromatic rings. The molecular formula is C25H24ClN3O3S2. The molecule has 6 nitrogen and oxygen atoms in total. The number of carbonyl (C=O) groups excluding carboxylic acids is 1. The van der Waals surface area contributed by atoms with Crippen molar-refractivity contribution in [3.63, 3.8) is 0 Å². The Morgan fingerprint density at radius 2 is 1.85 bits per heavy atom. The third-order valence-electron chi connectivity index (χ3n) is 5.36. The molecule has 0 spiro atoms. The second kappa shape index (κ2) is 10.2. The van der Waals surface area contributed by atoms with E-state index in [4.69, 9.17) is 16.6 Å². The average Bonchev–Trinajstić information content (AvgIpc) is 3.22. The maximum atomic E-state index is 13.3. The molecule has 0 atom stereocenters. The number of pyridine rings is 1. The molecule has 2 heterocycles. The fourth-order valence-electron chi connectivity index (χ4n) is 3.70. The van der Waals surface area contributed by atoms with Crippen molar-refractivity contribution in [1.29, 1.82) is 0 Å². The standard InChI is InChI=1S/C25H24ClN3O3S2/c1-17-14-18(2)24-22(15-17)28-25(33-24)29(16-20-6-3-4-12-27-20)23(30)7-5-13-34(31,32)21-10-8-19(26)9-11-21/h3-4,6,8-12,14-15H,5,7,13,16H2,1-2H3. The van der Waals surface area contributed by atoms with E-state index in [0.717, 1.165) is 27.0 Å². The minimum absolute atomic E-state index is 0.0770. The molecule has 0 saturated heterocycles. The minimum Gasteiger partial charge on any atom is -0.282 e. The zero-order chi connectivity index (χ0) is 24.3. The van der Waals surface area contributed by atoms with Gasteiger partial charge >= 0.3 is 0 Å². The number of sulfone groups is 1. The van der Waals surface area contributed by atoms with E-state index in [1.54, 1.807) is 23.2 Å². The number of rotatable bonds is 8. The van der Waals surface area contributed by atoms with Crippen LogP contribution >= 0.6 is 22.9 Å². The van der Waals surface area contributed by atoms with Crippen molar-refractivity contribution < 1.29 is 13.2 Å². The molecule has 9 heteroatoms. The fourth-order valence-corrected chi connectivity index (χ4v) is 6.17. The Kier molecular flexibility index (Phi) is 7.30. The highest BCUT2D eigenvalue weighted by molar-refractivity contribution is 7.91. The van der Waals surface area contributed by atoms with Gasteiger partial charge in [0.2, 0.25) is 5.91 Å². The molecule has 0 radical (unpaired) electrons. The van der Waals surface area contributed by atoms with Gasteiger partial charge < -0.3 is 0 Å². The van der Waals surface area contributed by atoms with Gasteiger partial charge in [0, 0.05) is 17.6 Å². The Balaban J connectivity index is 1.55. The van der Waals surface area contributed by atoms with Crippen molar-refractivity contribution >= 4 is 54.0 Å². The molecule has 0 aliphatic carbocycles. The second-order valence-corrected chi connectivity index (χ2v) is 11.6. The van der Waals surface area contributed by atoms with Gasteiger partial charge in [0.1, 0.15) is 0 Å². The van der Waals surface area contributed by atoms with E-state index in [0.29, 0.717) is 10.2 Å². The number of hydrogen-bond donors (Lipinski definition) is 0. The van der Waals surface area contributed by atoms with Crippen molar-refractivity contribution in [2.75, 3.05) is 10.7 Å². The summed E-state index contributed by atoms with van der Waals surface area (Å²) in [5, 5.41) is 1.06. The molecule has 2 aromatic heterocycles. The van der Waals surface area contributed by atoms with Crippen molar-refractivity contribution in [3.05, 3.63) is 82.6 Å². The summed E-state index contributed by atoms with van der Waals surface area (Å²) in [4.78, 5) is 24.2. The van der Waals surface area contributed by atoms with E-state index in [1.807, 2.05) is 38.1 Å². The Hall–Kier alpha value is -2.81. The summed E-state index contributed by atoms with van der Waals surface area (Å²) >= 11 is 7.32. The molecule has 0 unspecified atom stereocenters. The van der Waals surface area contributed by atoms with E-state index in [2.05, 4.69) is 11.1 Å². The molecule has 0 bridgehead atoms. The van der Waals surface area contributed by atoms with Gasteiger partial charge in [-0.15, -0.1) is 0 Å². The molecule has 0 fully saturated rings. The van der Waals surface area contributed by atoms with Crippen LogP contribution in [0.25, 0.3) is 10.2 Å². The summed E-state index contributed by atoms with van der Waals surface area (Å²) < 4.78 is 26.3. The van der Waals surface area contributed by atoms with Crippen LogP contribution in [0.1, 0.15) is 29.7 Å².